The molecule has 0 radical (unpaired) electrons. The van der Waals surface area contributed by atoms with Crippen molar-refractivity contribution in [1.82, 2.24) is 10.2 Å². The van der Waals surface area contributed by atoms with E-state index in [4.69, 9.17) is 20.9 Å². The lowest BCUT2D eigenvalue weighted by Crippen LogP contribution is -2.39. The van der Waals surface area contributed by atoms with Crippen LogP contribution in [0.4, 0.5) is 0 Å². The van der Waals surface area contributed by atoms with Gasteiger partial charge in [0.1, 0.15) is 6.61 Å². The number of rotatable bonds is 10. The van der Waals surface area contributed by atoms with Crippen LogP contribution in [-0.2, 0) is 6.54 Å². The second-order valence-electron chi connectivity index (χ2n) is 5.50. The predicted octanol–water partition coefficient (Wildman–Crippen LogP) is 3.69. The molecule has 1 rings (SSSR count). The molecule has 0 heterocycles. The van der Waals surface area contributed by atoms with E-state index >= 15 is 0 Å². The van der Waals surface area contributed by atoms with Gasteiger partial charge in [0.25, 0.3) is 0 Å². The maximum atomic E-state index is 5.54. The summed E-state index contributed by atoms with van der Waals surface area (Å²) in [6.45, 7) is 8.32. The van der Waals surface area contributed by atoms with Crippen molar-refractivity contribution in [3.05, 3.63) is 36.4 Å². The molecule has 0 saturated heterocycles. The van der Waals surface area contributed by atoms with E-state index in [1.165, 1.54) is 0 Å². The van der Waals surface area contributed by atoms with Gasteiger partial charge >= 0.3 is 0 Å². The lowest BCUT2D eigenvalue weighted by atomic mass is 10.2. The zero-order chi connectivity index (χ0) is 18.5. The van der Waals surface area contributed by atoms with Gasteiger partial charge < -0.3 is 19.7 Å². The molecule has 0 aliphatic carbocycles. The van der Waals surface area contributed by atoms with Crippen molar-refractivity contribution in [2.45, 2.75) is 26.3 Å². The number of ether oxygens (including phenoxy) is 2. The average Bonchev–Trinajstić information content (AvgIpc) is 2.63. The molecule has 0 spiro atoms. The second kappa shape index (κ2) is 14.3. The third-order valence-electron chi connectivity index (χ3n) is 3.55. The molecule has 0 fully saturated rings. The molecule has 1 N–H and O–H groups in total. The van der Waals surface area contributed by atoms with Crippen LogP contribution in [0.15, 0.2) is 35.8 Å². The van der Waals surface area contributed by atoms with Crippen molar-refractivity contribution in [3.63, 3.8) is 0 Å². The van der Waals surface area contributed by atoms with Gasteiger partial charge in [-0.2, -0.15) is 0 Å². The Bertz CT molecular complexity index is 612. The van der Waals surface area contributed by atoms with E-state index < -0.39 is 0 Å². The van der Waals surface area contributed by atoms with Gasteiger partial charge in [-0.15, -0.1) is 37.0 Å². The molecular weight excluding hydrogens is 441 g/mol. The third kappa shape index (κ3) is 8.48. The van der Waals surface area contributed by atoms with Gasteiger partial charge in [0.15, 0.2) is 17.5 Å². The largest absolute Gasteiger partial charge is 0.493 e. The Morgan fingerprint density at radius 1 is 1.42 bits per heavy atom. The minimum absolute atomic E-state index is 0. The van der Waals surface area contributed by atoms with E-state index in [1.54, 1.807) is 7.11 Å². The highest BCUT2D eigenvalue weighted by molar-refractivity contribution is 14.0. The zero-order valence-electron chi connectivity index (χ0n) is 16.0. The quantitative estimate of drug-likeness (QED) is 0.141. The highest BCUT2D eigenvalue weighted by atomic mass is 127. The Balaban J connectivity index is 0.00000625. The molecular formula is C20H30IN3O2. The molecule has 0 atom stereocenters. The molecule has 0 aliphatic heterocycles. The minimum Gasteiger partial charge on any atom is -0.493 e. The molecule has 6 heteroatoms. The van der Waals surface area contributed by atoms with Crippen molar-refractivity contribution in [1.29, 1.82) is 0 Å². The van der Waals surface area contributed by atoms with E-state index in [-0.39, 0.29) is 30.6 Å². The molecule has 144 valence electrons. The summed E-state index contributed by atoms with van der Waals surface area (Å²) < 4.78 is 10.8. The van der Waals surface area contributed by atoms with Crippen LogP contribution in [0.1, 0.15) is 25.3 Å². The fraction of sp³-hybridized carbons (Fsp3) is 0.450. The number of hydrogen-bond acceptors (Lipinski definition) is 3. The first kappa shape index (κ1) is 24.1. The third-order valence-corrected chi connectivity index (χ3v) is 3.55. The maximum absolute atomic E-state index is 5.54. The number of allylic oxidation sites excluding steroid dienone is 1. The lowest BCUT2D eigenvalue weighted by molar-refractivity contribution is 0.330. The number of guanidine groups is 1. The van der Waals surface area contributed by atoms with Gasteiger partial charge in [-0.3, -0.25) is 0 Å². The normalized spacial score (nSPS) is 10.3. The van der Waals surface area contributed by atoms with Crippen LogP contribution in [0, 0.1) is 12.3 Å². The fourth-order valence-corrected chi connectivity index (χ4v) is 2.27. The predicted molar refractivity (Wildman–Crippen MR) is 120 cm³/mol. The molecule has 0 amide bonds. The highest BCUT2D eigenvalue weighted by Gasteiger charge is 2.08. The minimum atomic E-state index is 0. The number of aliphatic imine (C=N–C) groups is 1. The fourth-order valence-electron chi connectivity index (χ4n) is 2.27. The van der Waals surface area contributed by atoms with E-state index in [9.17, 15) is 0 Å². The van der Waals surface area contributed by atoms with Gasteiger partial charge in [0.05, 0.1) is 13.7 Å². The summed E-state index contributed by atoms with van der Waals surface area (Å²) in [6.07, 6.45) is 9.25. The first-order valence-electron chi connectivity index (χ1n) is 8.49. The summed E-state index contributed by atoms with van der Waals surface area (Å²) >= 11 is 0. The molecule has 0 aliphatic rings. The van der Waals surface area contributed by atoms with Crippen molar-refractivity contribution in [2.24, 2.45) is 4.99 Å². The maximum Gasteiger partial charge on any atom is 0.193 e. The number of terminal acetylenes is 1. The van der Waals surface area contributed by atoms with Gasteiger partial charge in [0, 0.05) is 20.1 Å². The monoisotopic (exact) mass is 471 g/mol. The van der Waals surface area contributed by atoms with E-state index in [0.717, 1.165) is 37.5 Å². The van der Waals surface area contributed by atoms with E-state index in [2.05, 4.69) is 29.6 Å². The van der Waals surface area contributed by atoms with Crippen molar-refractivity contribution in [3.8, 4) is 23.8 Å². The molecule has 1 aromatic carbocycles. The molecule has 0 bridgehead atoms. The smallest absolute Gasteiger partial charge is 0.193 e. The first-order chi connectivity index (χ1) is 12.2. The van der Waals surface area contributed by atoms with Gasteiger partial charge in [-0.05, 0) is 37.5 Å². The molecule has 0 unspecified atom stereocenters. The Morgan fingerprint density at radius 2 is 2.19 bits per heavy atom. The van der Waals surface area contributed by atoms with Gasteiger partial charge in [-0.25, -0.2) is 4.99 Å². The summed E-state index contributed by atoms with van der Waals surface area (Å²) in [6, 6.07) is 5.77. The lowest BCUT2D eigenvalue weighted by Gasteiger charge is -2.21. The number of benzene rings is 1. The summed E-state index contributed by atoms with van der Waals surface area (Å²) in [5, 5.41) is 3.32. The summed E-state index contributed by atoms with van der Waals surface area (Å²) in [5.74, 6) is 4.65. The Morgan fingerprint density at radius 3 is 2.81 bits per heavy atom. The van der Waals surface area contributed by atoms with Crippen LogP contribution in [0.5, 0.6) is 11.5 Å². The molecule has 5 nitrogen and oxygen atoms in total. The second-order valence-corrected chi connectivity index (χ2v) is 5.50. The van der Waals surface area contributed by atoms with Crippen LogP contribution in [0.2, 0.25) is 0 Å². The van der Waals surface area contributed by atoms with Crippen LogP contribution >= 0.6 is 24.0 Å². The molecule has 0 saturated carbocycles. The van der Waals surface area contributed by atoms with Gasteiger partial charge in [0.2, 0.25) is 0 Å². The Hall–Kier alpha value is -1.88. The standard InChI is InChI=1S/C20H29N3O2.HI/c1-6-9-10-13-23(4)20(21-8-3)22-16-17-11-12-18(24-5)19(15-17)25-14-7-2;/h2,6,11-12,15H,1,8-10,13-14,16H2,3-5H3,(H,21,22);1H. The number of methoxy groups -OCH3 is 1. The Kier molecular flexibility index (Phi) is 13.3. The van der Waals surface area contributed by atoms with Crippen molar-refractivity contribution >= 4 is 29.9 Å². The van der Waals surface area contributed by atoms with Crippen LogP contribution < -0.4 is 14.8 Å². The Labute approximate surface area is 174 Å². The number of nitrogens with zero attached hydrogens (tertiary/aromatic N) is 2. The summed E-state index contributed by atoms with van der Waals surface area (Å²) in [7, 11) is 3.65. The number of unbranched alkanes of at least 4 members (excludes halogenated alkanes) is 1. The van der Waals surface area contributed by atoms with Gasteiger partial charge in [-0.1, -0.05) is 18.1 Å². The highest BCUT2D eigenvalue weighted by Crippen LogP contribution is 2.28. The molecule has 1 aromatic rings. The van der Waals surface area contributed by atoms with E-state index in [0.29, 0.717) is 18.0 Å². The van der Waals surface area contributed by atoms with Crippen LogP contribution in [0.3, 0.4) is 0 Å². The molecule has 26 heavy (non-hydrogen) atoms. The van der Waals surface area contributed by atoms with Crippen molar-refractivity contribution in [2.75, 3.05) is 33.9 Å². The van der Waals surface area contributed by atoms with Crippen molar-refractivity contribution < 1.29 is 9.47 Å². The number of nitrogens with one attached hydrogen (secondary N) is 1. The van der Waals surface area contributed by atoms with E-state index in [1.807, 2.05) is 31.3 Å². The van der Waals surface area contributed by atoms with Crippen LogP contribution in [0.25, 0.3) is 0 Å². The molecule has 0 aromatic heterocycles. The zero-order valence-corrected chi connectivity index (χ0v) is 18.3. The topological polar surface area (TPSA) is 46.1 Å². The number of halogens is 1. The number of hydrogen-bond donors (Lipinski definition) is 1. The average molecular weight is 471 g/mol. The van der Waals surface area contributed by atoms with Crippen LogP contribution in [-0.4, -0.2) is 44.7 Å². The SMILES string of the molecule is C#CCOc1cc(CN=C(NCC)N(C)CCCC=C)ccc1OC.I. The summed E-state index contributed by atoms with van der Waals surface area (Å²) in [4.78, 5) is 6.84. The first-order valence-corrected chi connectivity index (χ1v) is 8.49. The summed E-state index contributed by atoms with van der Waals surface area (Å²) in [5.41, 5.74) is 1.03.